The lowest BCUT2D eigenvalue weighted by atomic mass is 10.1. The molecular formula is C11H15N3O4S. The van der Waals surface area contributed by atoms with Gasteiger partial charge in [0.25, 0.3) is 5.69 Å². The highest BCUT2D eigenvalue weighted by molar-refractivity contribution is 7.91. The van der Waals surface area contributed by atoms with Crippen molar-refractivity contribution in [1.82, 2.24) is 4.98 Å². The molecular weight excluding hydrogens is 270 g/mol. The van der Waals surface area contributed by atoms with Crippen LogP contribution >= 0.6 is 0 Å². The van der Waals surface area contributed by atoms with Crippen LogP contribution in [0.2, 0.25) is 0 Å². The summed E-state index contributed by atoms with van der Waals surface area (Å²) < 4.78 is 22.7. The summed E-state index contributed by atoms with van der Waals surface area (Å²) in [5.74, 6) is 0.999. The molecule has 0 aromatic carbocycles. The molecule has 2 rings (SSSR count). The Balaban J connectivity index is 2.07. The fourth-order valence-electron chi connectivity index (χ4n) is 2.15. The van der Waals surface area contributed by atoms with Crippen LogP contribution in [0.25, 0.3) is 0 Å². The van der Waals surface area contributed by atoms with Gasteiger partial charge in [-0.2, -0.15) is 0 Å². The van der Waals surface area contributed by atoms with E-state index >= 15 is 0 Å². The van der Waals surface area contributed by atoms with E-state index in [2.05, 4.69) is 4.98 Å². The molecule has 1 aromatic rings. The Morgan fingerprint density at radius 2 is 2.00 bits per heavy atom. The maximum Gasteiger partial charge on any atom is 0.287 e. The van der Waals surface area contributed by atoms with Crippen LogP contribution in [0.1, 0.15) is 12.8 Å². The zero-order chi connectivity index (χ0) is 14.0. The molecule has 0 radical (unpaired) electrons. The van der Waals surface area contributed by atoms with Crippen LogP contribution < -0.4 is 4.90 Å². The van der Waals surface area contributed by atoms with Crippen molar-refractivity contribution < 1.29 is 13.3 Å². The number of nitro groups is 1. The van der Waals surface area contributed by atoms with Gasteiger partial charge in [-0.3, -0.25) is 10.1 Å². The van der Waals surface area contributed by atoms with E-state index in [1.807, 2.05) is 11.9 Å². The monoisotopic (exact) mass is 285 g/mol. The largest absolute Gasteiger partial charge is 0.357 e. The lowest BCUT2D eigenvalue weighted by Crippen LogP contribution is -2.39. The first-order valence-corrected chi connectivity index (χ1v) is 7.75. The summed E-state index contributed by atoms with van der Waals surface area (Å²) in [5, 5.41) is 10.5. The van der Waals surface area contributed by atoms with Gasteiger partial charge in [-0.1, -0.05) is 0 Å². The van der Waals surface area contributed by atoms with Gasteiger partial charge >= 0.3 is 0 Å². The molecule has 0 atom stereocenters. The second-order valence-corrected chi connectivity index (χ2v) is 6.93. The molecule has 0 N–H and O–H groups in total. The number of nitrogens with zero attached hydrogens (tertiary/aromatic N) is 3. The summed E-state index contributed by atoms with van der Waals surface area (Å²) in [6.45, 7) is 0. The molecule has 0 saturated carbocycles. The zero-order valence-electron chi connectivity index (χ0n) is 10.5. The van der Waals surface area contributed by atoms with Crippen molar-refractivity contribution in [3.63, 3.8) is 0 Å². The van der Waals surface area contributed by atoms with E-state index in [1.54, 1.807) is 6.07 Å². The van der Waals surface area contributed by atoms with Crippen molar-refractivity contribution in [3.05, 3.63) is 28.4 Å². The second-order valence-electron chi connectivity index (χ2n) is 4.63. The Kier molecular flexibility index (Phi) is 3.70. The van der Waals surface area contributed by atoms with Crippen molar-refractivity contribution >= 4 is 21.3 Å². The number of anilines is 1. The molecule has 0 aliphatic carbocycles. The molecule has 1 fully saturated rings. The van der Waals surface area contributed by atoms with Gasteiger partial charge in [-0.25, -0.2) is 13.4 Å². The van der Waals surface area contributed by atoms with E-state index in [-0.39, 0.29) is 23.2 Å². The third kappa shape index (κ3) is 3.19. The summed E-state index contributed by atoms with van der Waals surface area (Å²) in [7, 11) is -1.06. The Labute approximate surface area is 111 Å². The molecule has 1 saturated heterocycles. The van der Waals surface area contributed by atoms with Gasteiger partial charge in [-0.15, -0.1) is 0 Å². The van der Waals surface area contributed by atoms with Gasteiger partial charge in [0.1, 0.15) is 21.9 Å². The van der Waals surface area contributed by atoms with Gasteiger partial charge in [0, 0.05) is 19.2 Å². The molecule has 8 heteroatoms. The van der Waals surface area contributed by atoms with Crippen LogP contribution in [-0.4, -0.2) is 42.9 Å². The summed E-state index contributed by atoms with van der Waals surface area (Å²) in [6.07, 6.45) is 2.35. The molecule has 0 bridgehead atoms. The number of hydrogen-bond donors (Lipinski definition) is 0. The highest BCUT2D eigenvalue weighted by Gasteiger charge is 2.27. The minimum absolute atomic E-state index is 0.0524. The molecule has 1 aliphatic rings. The van der Waals surface area contributed by atoms with Crippen LogP contribution in [0.4, 0.5) is 11.5 Å². The molecule has 0 spiro atoms. The Morgan fingerprint density at radius 1 is 1.37 bits per heavy atom. The molecule has 0 amide bonds. The summed E-state index contributed by atoms with van der Waals surface area (Å²) in [6, 6.07) is 3.09. The highest BCUT2D eigenvalue weighted by Crippen LogP contribution is 2.22. The second kappa shape index (κ2) is 5.12. The topological polar surface area (TPSA) is 93.4 Å². The number of sulfone groups is 1. The third-order valence-electron chi connectivity index (χ3n) is 3.38. The molecule has 2 heterocycles. The number of pyridine rings is 1. The fraction of sp³-hybridized carbons (Fsp3) is 0.545. The average Bonchev–Trinajstić information content (AvgIpc) is 2.38. The molecule has 1 aliphatic heterocycles. The summed E-state index contributed by atoms with van der Waals surface area (Å²) >= 11 is 0. The van der Waals surface area contributed by atoms with E-state index < -0.39 is 14.8 Å². The van der Waals surface area contributed by atoms with E-state index in [9.17, 15) is 18.5 Å². The van der Waals surface area contributed by atoms with E-state index in [4.69, 9.17) is 0 Å². The first-order valence-electron chi connectivity index (χ1n) is 5.93. The summed E-state index contributed by atoms with van der Waals surface area (Å²) in [4.78, 5) is 16.0. The van der Waals surface area contributed by atoms with Crippen molar-refractivity contribution in [2.45, 2.75) is 18.9 Å². The Hall–Kier alpha value is -1.70. The van der Waals surface area contributed by atoms with Crippen molar-refractivity contribution in [2.75, 3.05) is 23.5 Å². The average molecular weight is 285 g/mol. The molecule has 0 unspecified atom stereocenters. The van der Waals surface area contributed by atoms with Gasteiger partial charge in [-0.05, 0) is 18.9 Å². The first-order chi connectivity index (χ1) is 8.89. The smallest absolute Gasteiger partial charge is 0.287 e. The van der Waals surface area contributed by atoms with Crippen molar-refractivity contribution in [2.24, 2.45) is 0 Å². The van der Waals surface area contributed by atoms with E-state index in [0.29, 0.717) is 18.7 Å². The minimum atomic E-state index is -2.89. The Morgan fingerprint density at radius 3 is 2.47 bits per heavy atom. The van der Waals surface area contributed by atoms with Gasteiger partial charge in [0.2, 0.25) is 0 Å². The van der Waals surface area contributed by atoms with Gasteiger partial charge in [0.05, 0.1) is 16.4 Å². The highest BCUT2D eigenvalue weighted by atomic mass is 32.2. The van der Waals surface area contributed by atoms with Crippen LogP contribution in [0, 0.1) is 10.1 Å². The molecule has 104 valence electrons. The number of aromatic nitrogens is 1. The quantitative estimate of drug-likeness (QED) is 0.607. The lowest BCUT2D eigenvalue weighted by molar-refractivity contribution is -0.385. The predicted octanol–water partition coefficient (Wildman–Crippen LogP) is 1.00. The maximum atomic E-state index is 11.4. The zero-order valence-corrected chi connectivity index (χ0v) is 11.3. The van der Waals surface area contributed by atoms with Crippen LogP contribution in [0.5, 0.6) is 0 Å². The first kappa shape index (κ1) is 13.7. The fourth-order valence-corrected chi connectivity index (χ4v) is 3.61. The SMILES string of the molecule is CN(c1ccc([N+](=O)[O-])cn1)C1CCS(=O)(=O)CC1. The van der Waals surface area contributed by atoms with E-state index in [1.165, 1.54) is 12.3 Å². The van der Waals surface area contributed by atoms with Crippen molar-refractivity contribution in [1.29, 1.82) is 0 Å². The lowest BCUT2D eigenvalue weighted by Gasteiger charge is -2.31. The van der Waals surface area contributed by atoms with E-state index in [0.717, 1.165) is 0 Å². The Bertz CT molecular complexity index is 556. The summed E-state index contributed by atoms with van der Waals surface area (Å²) in [5.41, 5.74) is -0.0524. The van der Waals surface area contributed by atoms with Gasteiger partial charge in [0.15, 0.2) is 0 Å². The predicted molar refractivity (Wildman–Crippen MR) is 71.0 cm³/mol. The minimum Gasteiger partial charge on any atom is -0.357 e. The standard InChI is InChI=1S/C11H15N3O4S/c1-13(9-4-6-19(17,18)7-5-9)11-3-2-10(8-12-11)14(15)16/h2-3,8-9H,4-7H2,1H3. The van der Waals surface area contributed by atoms with Crippen LogP contribution in [0.15, 0.2) is 18.3 Å². The number of rotatable bonds is 3. The number of hydrogen-bond acceptors (Lipinski definition) is 6. The molecule has 19 heavy (non-hydrogen) atoms. The molecule has 1 aromatic heterocycles. The normalized spacial score (nSPS) is 19.0. The van der Waals surface area contributed by atoms with Crippen LogP contribution in [-0.2, 0) is 9.84 Å². The van der Waals surface area contributed by atoms with Crippen molar-refractivity contribution in [3.8, 4) is 0 Å². The van der Waals surface area contributed by atoms with Gasteiger partial charge < -0.3 is 4.90 Å². The third-order valence-corrected chi connectivity index (χ3v) is 5.09. The molecule has 7 nitrogen and oxygen atoms in total. The maximum absolute atomic E-state index is 11.4. The van der Waals surface area contributed by atoms with Crippen LogP contribution in [0.3, 0.4) is 0 Å².